The number of halogens is 1. The van der Waals surface area contributed by atoms with Crippen molar-refractivity contribution in [2.45, 2.75) is 26.7 Å². The molecule has 0 unspecified atom stereocenters. The van der Waals surface area contributed by atoms with Crippen molar-refractivity contribution >= 4 is 17.2 Å². The first-order valence-electron chi connectivity index (χ1n) is 8.19. The Bertz CT molecular complexity index is 858. The highest BCUT2D eigenvalue weighted by molar-refractivity contribution is 6.06. The van der Waals surface area contributed by atoms with Crippen LogP contribution in [0, 0.1) is 5.82 Å². The Morgan fingerprint density at radius 3 is 2.58 bits per heavy atom. The second-order valence-electron chi connectivity index (χ2n) is 5.62. The Balaban J connectivity index is 2.14. The van der Waals surface area contributed by atoms with Crippen LogP contribution >= 0.6 is 0 Å². The van der Waals surface area contributed by atoms with Gasteiger partial charge in [0.05, 0.1) is 5.69 Å². The molecule has 0 fully saturated rings. The summed E-state index contributed by atoms with van der Waals surface area (Å²) in [5, 5.41) is 0. The number of nitrogens with zero attached hydrogens (tertiary/aromatic N) is 3. The molecule has 0 spiro atoms. The first-order chi connectivity index (χ1) is 11.7. The number of aryl methyl sites for hydroxylation is 1. The third-order valence-electron chi connectivity index (χ3n) is 3.97. The van der Waals surface area contributed by atoms with E-state index >= 15 is 0 Å². The Labute approximate surface area is 140 Å². The van der Waals surface area contributed by atoms with Crippen LogP contribution in [0.4, 0.5) is 10.1 Å². The van der Waals surface area contributed by atoms with Gasteiger partial charge in [0.2, 0.25) is 0 Å². The molecule has 3 aromatic rings. The van der Waals surface area contributed by atoms with Crippen molar-refractivity contribution in [3.63, 3.8) is 0 Å². The fourth-order valence-electron chi connectivity index (χ4n) is 2.88. The van der Waals surface area contributed by atoms with Crippen LogP contribution in [0.15, 0.2) is 48.7 Å². The quantitative estimate of drug-likeness (QED) is 0.708. The predicted molar refractivity (Wildman–Crippen MR) is 92.9 cm³/mol. The maximum Gasteiger partial charge on any atom is 0.277 e. The summed E-state index contributed by atoms with van der Waals surface area (Å²) in [7, 11) is 0. The molecule has 0 aliphatic rings. The normalized spacial score (nSPS) is 11.0. The molecule has 0 saturated heterocycles. The first kappa shape index (κ1) is 16.2. The Morgan fingerprint density at radius 2 is 1.92 bits per heavy atom. The average Bonchev–Trinajstić information content (AvgIpc) is 2.94. The van der Waals surface area contributed by atoms with Gasteiger partial charge in [-0.25, -0.2) is 9.37 Å². The molecule has 2 heterocycles. The number of hydrogen-bond donors (Lipinski definition) is 0. The summed E-state index contributed by atoms with van der Waals surface area (Å²) in [4.78, 5) is 19.4. The van der Waals surface area contributed by atoms with E-state index in [-0.39, 0.29) is 11.7 Å². The third kappa shape index (κ3) is 2.89. The van der Waals surface area contributed by atoms with Gasteiger partial charge in [-0.1, -0.05) is 31.5 Å². The molecule has 4 nitrogen and oxygen atoms in total. The van der Waals surface area contributed by atoms with E-state index in [2.05, 4.69) is 4.98 Å². The maximum atomic E-state index is 13.7. The van der Waals surface area contributed by atoms with Crippen LogP contribution < -0.4 is 4.90 Å². The fraction of sp³-hybridized carbons (Fsp3) is 0.263. The van der Waals surface area contributed by atoms with Gasteiger partial charge in [0.25, 0.3) is 5.91 Å². The number of amides is 1. The minimum Gasteiger partial charge on any atom is -0.307 e. The van der Waals surface area contributed by atoms with Gasteiger partial charge in [-0.3, -0.25) is 9.20 Å². The van der Waals surface area contributed by atoms with Crippen LogP contribution in [0.25, 0.3) is 5.65 Å². The standard InChI is InChI=1S/C19H20FN3O/c1-3-8-16-18(23-13-14(20)11-12-17(23)21-16)19(24)22(4-2)15-9-6-5-7-10-15/h5-7,9-13H,3-4,8H2,1-2H3. The van der Waals surface area contributed by atoms with Crippen LogP contribution in [0.2, 0.25) is 0 Å². The number of benzene rings is 1. The van der Waals surface area contributed by atoms with Crippen molar-refractivity contribution < 1.29 is 9.18 Å². The summed E-state index contributed by atoms with van der Waals surface area (Å²) in [5.41, 5.74) is 2.56. The van der Waals surface area contributed by atoms with Crippen molar-refractivity contribution in [3.8, 4) is 0 Å². The Kier molecular flexibility index (Phi) is 4.60. The highest BCUT2D eigenvalue weighted by Gasteiger charge is 2.24. The van der Waals surface area contributed by atoms with Crippen LogP contribution in [0.1, 0.15) is 36.5 Å². The number of aromatic nitrogens is 2. The van der Waals surface area contributed by atoms with Gasteiger partial charge in [0.1, 0.15) is 17.2 Å². The molecule has 1 aromatic carbocycles. The molecule has 5 heteroatoms. The molecular formula is C19H20FN3O. The lowest BCUT2D eigenvalue weighted by Crippen LogP contribution is -2.32. The zero-order chi connectivity index (χ0) is 17.1. The lowest BCUT2D eigenvalue weighted by molar-refractivity contribution is 0.0981. The molecule has 3 rings (SSSR count). The van der Waals surface area contributed by atoms with Crippen molar-refractivity contribution in [2.75, 3.05) is 11.4 Å². The smallest absolute Gasteiger partial charge is 0.277 e. The van der Waals surface area contributed by atoms with Gasteiger partial charge in [-0.2, -0.15) is 0 Å². The molecule has 0 bridgehead atoms. The molecule has 0 atom stereocenters. The summed E-state index contributed by atoms with van der Waals surface area (Å²) in [5.74, 6) is -0.551. The fourth-order valence-corrected chi connectivity index (χ4v) is 2.88. The minimum atomic E-state index is -0.389. The largest absolute Gasteiger partial charge is 0.307 e. The second-order valence-corrected chi connectivity index (χ2v) is 5.62. The van der Waals surface area contributed by atoms with E-state index in [0.717, 1.165) is 12.1 Å². The molecule has 0 aliphatic heterocycles. The van der Waals surface area contributed by atoms with Gasteiger partial charge in [-0.05, 0) is 37.6 Å². The van der Waals surface area contributed by atoms with Gasteiger partial charge in [-0.15, -0.1) is 0 Å². The number of fused-ring (bicyclic) bond motifs is 1. The van der Waals surface area contributed by atoms with E-state index < -0.39 is 0 Å². The molecule has 2 aromatic heterocycles. The Morgan fingerprint density at radius 1 is 1.17 bits per heavy atom. The zero-order valence-corrected chi connectivity index (χ0v) is 13.9. The molecule has 124 valence electrons. The topological polar surface area (TPSA) is 37.6 Å². The maximum absolute atomic E-state index is 13.7. The number of anilines is 1. The third-order valence-corrected chi connectivity index (χ3v) is 3.97. The van der Waals surface area contributed by atoms with Crippen LogP contribution in [0.3, 0.4) is 0 Å². The van der Waals surface area contributed by atoms with E-state index in [4.69, 9.17) is 0 Å². The van der Waals surface area contributed by atoms with Crippen LogP contribution in [-0.4, -0.2) is 21.8 Å². The predicted octanol–water partition coefficient (Wildman–Crippen LogP) is 4.09. The van der Waals surface area contributed by atoms with Crippen molar-refractivity contribution in [3.05, 3.63) is 65.9 Å². The van der Waals surface area contributed by atoms with Crippen LogP contribution in [-0.2, 0) is 6.42 Å². The van der Waals surface area contributed by atoms with Gasteiger partial charge in [0, 0.05) is 18.4 Å². The molecule has 1 amide bonds. The van der Waals surface area contributed by atoms with Gasteiger partial charge in [0.15, 0.2) is 0 Å². The van der Waals surface area contributed by atoms with Crippen molar-refractivity contribution in [2.24, 2.45) is 0 Å². The number of pyridine rings is 1. The van der Waals surface area contributed by atoms with Crippen molar-refractivity contribution in [1.29, 1.82) is 0 Å². The van der Waals surface area contributed by atoms with E-state index in [0.29, 0.717) is 30.0 Å². The van der Waals surface area contributed by atoms with E-state index in [1.54, 1.807) is 15.4 Å². The van der Waals surface area contributed by atoms with Crippen LogP contribution in [0.5, 0.6) is 0 Å². The molecule has 0 radical (unpaired) electrons. The number of hydrogen-bond acceptors (Lipinski definition) is 2. The molecule has 24 heavy (non-hydrogen) atoms. The van der Waals surface area contributed by atoms with Gasteiger partial charge < -0.3 is 4.90 Å². The second kappa shape index (κ2) is 6.83. The Hall–Kier alpha value is -2.69. The monoisotopic (exact) mass is 325 g/mol. The van der Waals surface area contributed by atoms with E-state index in [1.807, 2.05) is 44.2 Å². The highest BCUT2D eigenvalue weighted by Crippen LogP contribution is 2.21. The summed E-state index contributed by atoms with van der Waals surface area (Å²) in [6.07, 6.45) is 2.87. The number of para-hydroxylation sites is 1. The molecule has 0 aliphatic carbocycles. The lowest BCUT2D eigenvalue weighted by Gasteiger charge is -2.21. The first-order valence-corrected chi connectivity index (χ1v) is 8.19. The number of carbonyl (C=O) groups is 1. The number of carbonyl (C=O) groups excluding carboxylic acids is 1. The van der Waals surface area contributed by atoms with E-state index in [1.165, 1.54) is 12.3 Å². The molecule has 0 N–H and O–H groups in total. The SMILES string of the molecule is CCCc1nc2ccc(F)cn2c1C(=O)N(CC)c1ccccc1. The number of rotatable bonds is 5. The van der Waals surface area contributed by atoms with Crippen molar-refractivity contribution in [1.82, 2.24) is 9.38 Å². The summed E-state index contributed by atoms with van der Waals surface area (Å²) < 4.78 is 15.3. The number of imidazole rings is 1. The summed E-state index contributed by atoms with van der Waals surface area (Å²) >= 11 is 0. The minimum absolute atomic E-state index is 0.162. The zero-order valence-electron chi connectivity index (χ0n) is 13.9. The molecular weight excluding hydrogens is 305 g/mol. The van der Waals surface area contributed by atoms with Gasteiger partial charge >= 0.3 is 0 Å². The lowest BCUT2D eigenvalue weighted by atomic mass is 10.2. The average molecular weight is 325 g/mol. The highest BCUT2D eigenvalue weighted by atomic mass is 19.1. The summed E-state index contributed by atoms with van der Waals surface area (Å²) in [6.45, 7) is 4.48. The van der Waals surface area contributed by atoms with E-state index in [9.17, 15) is 9.18 Å². The molecule has 0 saturated carbocycles. The summed E-state index contributed by atoms with van der Waals surface area (Å²) in [6, 6.07) is 12.5.